The van der Waals surface area contributed by atoms with Crippen LogP contribution in [0.1, 0.15) is 0 Å². The lowest BCUT2D eigenvalue weighted by Crippen LogP contribution is -2.26. The highest BCUT2D eigenvalue weighted by atomic mass is 31.1. The molecule has 1 heteroatoms. The van der Waals surface area contributed by atoms with Crippen molar-refractivity contribution in [1.82, 2.24) is 0 Å². The fourth-order valence-corrected chi connectivity index (χ4v) is 6.36. The molecule has 108 valence electrons. The molecule has 0 N–H and O–H groups in total. The van der Waals surface area contributed by atoms with E-state index in [0.29, 0.717) is 17.5 Å². The smallest absolute Gasteiger partial charge is 0.0122 e. The highest BCUT2D eigenvalue weighted by molar-refractivity contribution is 7.73. The summed E-state index contributed by atoms with van der Waals surface area (Å²) in [6, 6.07) is 22.1. The number of fused-ring (bicyclic) bond motifs is 1. The molecule has 0 aliphatic heterocycles. The zero-order valence-electron chi connectivity index (χ0n) is 12.4. The zero-order valence-corrected chi connectivity index (χ0v) is 13.3. The van der Waals surface area contributed by atoms with Crippen LogP contribution in [0.25, 0.3) is 0 Å². The highest BCUT2D eigenvalue weighted by Crippen LogP contribution is 2.50. The lowest BCUT2D eigenvalue weighted by molar-refractivity contribution is 0.603. The Kier molecular flexibility index (Phi) is 3.79. The Balaban J connectivity index is 1.77. The van der Waals surface area contributed by atoms with Crippen molar-refractivity contribution < 1.29 is 0 Å². The number of hydrogen-bond donors (Lipinski definition) is 0. The van der Waals surface area contributed by atoms with Gasteiger partial charge in [0.05, 0.1) is 0 Å². The summed E-state index contributed by atoms with van der Waals surface area (Å²) in [5, 5.41) is 2.95. The van der Waals surface area contributed by atoms with Gasteiger partial charge in [-0.15, -0.1) is 0 Å². The summed E-state index contributed by atoms with van der Waals surface area (Å²) in [6.07, 6.45) is 14.0. The van der Waals surface area contributed by atoms with E-state index in [4.69, 9.17) is 0 Å². The molecule has 0 amide bonds. The molecule has 3 atom stereocenters. The minimum atomic E-state index is -0.368. The maximum atomic E-state index is 2.46. The Bertz CT molecular complexity index is 673. The number of rotatable bonds is 3. The molecule has 22 heavy (non-hydrogen) atoms. The second kappa shape index (κ2) is 6.07. The predicted molar refractivity (Wildman–Crippen MR) is 97.3 cm³/mol. The van der Waals surface area contributed by atoms with Crippen molar-refractivity contribution in [2.75, 3.05) is 0 Å². The fourth-order valence-electron chi connectivity index (χ4n) is 3.47. The van der Waals surface area contributed by atoms with E-state index in [2.05, 4.69) is 97.1 Å². The monoisotopic (exact) mass is 302 g/mol. The first kappa shape index (κ1) is 13.7. The van der Waals surface area contributed by atoms with E-state index in [1.54, 1.807) is 0 Å². The summed E-state index contributed by atoms with van der Waals surface area (Å²) in [6.45, 7) is 0. The van der Waals surface area contributed by atoms with Crippen molar-refractivity contribution in [2.45, 2.75) is 5.66 Å². The van der Waals surface area contributed by atoms with Gasteiger partial charge in [-0.2, -0.15) is 0 Å². The Morgan fingerprint density at radius 2 is 1.18 bits per heavy atom. The molecule has 0 spiro atoms. The van der Waals surface area contributed by atoms with E-state index in [0.717, 1.165) is 0 Å². The first-order valence-electron chi connectivity index (χ1n) is 7.86. The number of hydrogen-bond acceptors (Lipinski definition) is 0. The summed E-state index contributed by atoms with van der Waals surface area (Å²) in [5.41, 5.74) is 0.589. The lowest BCUT2D eigenvalue weighted by Gasteiger charge is -2.30. The molecule has 0 aromatic heterocycles. The quantitative estimate of drug-likeness (QED) is 0.582. The number of benzene rings is 2. The van der Waals surface area contributed by atoms with Gasteiger partial charge in [-0.25, -0.2) is 0 Å². The molecule has 0 radical (unpaired) electrons. The van der Waals surface area contributed by atoms with Crippen LogP contribution in [0, 0.1) is 11.8 Å². The van der Waals surface area contributed by atoms with Crippen LogP contribution in [-0.4, -0.2) is 5.66 Å². The number of allylic oxidation sites excluding steroid dienone is 6. The van der Waals surface area contributed by atoms with Crippen molar-refractivity contribution in [2.24, 2.45) is 11.8 Å². The third-order valence-electron chi connectivity index (χ3n) is 4.51. The maximum Gasteiger partial charge on any atom is 0.0122 e. The molecule has 2 aliphatic rings. The van der Waals surface area contributed by atoms with Crippen LogP contribution >= 0.6 is 7.92 Å². The maximum absolute atomic E-state index is 2.46. The van der Waals surface area contributed by atoms with E-state index >= 15 is 0 Å². The molecule has 3 unspecified atom stereocenters. The SMILES string of the molecule is C1=CC2C=CC(P(c3ccccc3)c3ccccc3)C2C=C1. The van der Waals surface area contributed by atoms with E-state index in [1.165, 1.54) is 10.6 Å². The molecule has 2 aliphatic carbocycles. The van der Waals surface area contributed by atoms with Crippen LogP contribution in [0.4, 0.5) is 0 Å². The minimum Gasteiger partial charge on any atom is -0.0803 e. The van der Waals surface area contributed by atoms with Gasteiger partial charge in [0.2, 0.25) is 0 Å². The zero-order chi connectivity index (χ0) is 14.8. The first-order chi connectivity index (χ1) is 10.9. The molecule has 0 bridgehead atoms. The fraction of sp³-hybridized carbons (Fsp3) is 0.143. The van der Waals surface area contributed by atoms with Gasteiger partial charge in [-0.05, 0) is 24.4 Å². The predicted octanol–water partition coefficient (Wildman–Crippen LogP) is 4.42. The summed E-state index contributed by atoms with van der Waals surface area (Å²) in [5.74, 6) is 1.18. The van der Waals surface area contributed by atoms with Crippen LogP contribution in [0.3, 0.4) is 0 Å². The van der Waals surface area contributed by atoms with Crippen molar-refractivity contribution in [1.29, 1.82) is 0 Å². The Morgan fingerprint density at radius 1 is 0.591 bits per heavy atom. The molecule has 0 saturated heterocycles. The first-order valence-corrected chi connectivity index (χ1v) is 9.27. The summed E-state index contributed by atoms with van der Waals surface area (Å²) < 4.78 is 0. The second-order valence-corrected chi connectivity index (χ2v) is 8.21. The van der Waals surface area contributed by atoms with E-state index in [1.807, 2.05) is 0 Å². The molecule has 0 nitrogen and oxygen atoms in total. The van der Waals surface area contributed by atoms with Crippen molar-refractivity contribution in [3.05, 3.63) is 97.1 Å². The van der Waals surface area contributed by atoms with Crippen LogP contribution in [0.15, 0.2) is 97.1 Å². The molecule has 0 fully saturated rings. The Hall–Kier alpha value is -1.91. The van der Waals surface area contributed by atoms with Gasteiger partial charge >= 0.3 is 0 Å². The van der Waals surface area contributed by atoms with Crippen molar-refractivity contribution >= 4 is 18.5 Å². The van der Waals surface area contributed by atoms with E-state index in [9.17, 15) is 0 Å². The van der Waals surface area contributed by atoms with Gasteiger partial charge in [0.25, 0.3) is 0 Å². The lowest BCUT2D eigenvalue weighted by atomic mass is 9.91. The van der Waals surface area contributed by atoms with Crippen LogP contribution < -0.4 is 10.6 Å². The largest absolute Gasteiger partial charge is 0.0803 e. The third-order valence-corrected chi connectivity index (χ3v) is 7.34. The van der Waals surface area contributed by atoms with E-state index in [-0.39, 0.29) is 7.92 Å². The second-order valence-electron chi connectivity index (χ2n) is 5.84. The molecule has 4 rings (SSSR count). The molecule has 2 aromatic carbocycles. The summed E-state index contributed by atoms with van der Waals surface area (Å²) in [4.78, 5) is 0. The summed E-state index contributed by atoms with van der Waals surface area (Å²) in [7, 11) is -0.368. The van der Waals surface area contributed by atoms with Gasteiger partial charge < -0.3 is 0 Å². The van der Waals surface area contributed by atoms with Crippen LogP contribution in [-0.2, 0) is 0 Å². The molecular formula is C21H19P. The standard InChI is InChI=1S/C21H19P/c1-3-10-18(11-4-1)22(19-12-5-2-6-13-19)21-16-15-17-9-7-8-14-20(17)21/h1-17,20-21H. The normalized spacial score (nSPS) is 25.6. The minimum absolute atomic E-state index is 0.368. The molecule has 2 aromatic rings. The Morgan fingerprint density at radius 3 is 1.82 bits per heavy atom. The van der Waals surface area contributed by atoms with Crippen LogP contribution in [0.5, 0.6) is 0 Å². The van der Waals surface area contributed by atoms with E-state index < -0.39 is 0 Å². The van der Waals surface area contributed by atoms with Gasteiger partial charge in [0, 0.05) is 11.6 Å². The van der Waals surface area contributed by atoms with Gasteiger partial charge in [-0.3, -0.25) is 0 Å². The highest BCUT2D eigenvalue weighted by Gasteiger charge is 2.35. The van der Waals surface area contributed by atoms with Crippen LogP contribution in [0.2, 0.25) is 0 Å². The Labute approximate surface area is 133 Å². The molecule has 0 heterocycles. The van der Waals surface area contributed by atoms with Crippen molar-refractivity contribution in [3.8, 4) is 0 Å². The van der Waals surface area contributed by atoms with Gasteiger partial charge in [-0.1, -0.05) is 97.1 Å². The summed E-state index contributed by atoms with van der Waals surface area (Å²) >= 11 is 0. The topological polar surface area (TPSA) is 0 Å². The molecular weight excluding hydrogens is 283 g/mol. The van der Waals surface area contributed by atoms with Gasteiger partial charge in [0.15, 0.2) is 0 Å². The average molecular weight is 302 g/mol. The molecule has 0 saturated carbocycles. The third kappa shape index (κ3) is 2.49. The van der Waals surface area contributed by atoms with Gasteiger partial charge in [0.1, 0.15) is 0 Å². The van der Waals surface area contributed by atoms with Crippen molar-refractivity contribution in [3.63, 3.8) is 0 Å². The average Bonchev–Trinajstić information content (AvgIpc) is 3.01.